The number of nitrogens with zero attached hydrogens (tertiary/aromatic N) is 3. The van der Waals surface area contributed by atoms with Crippen LogP contribution in [0.1, 0.15) is 34.5 Å². The first-order valence-electron chi connectivity index (χ1n) is 9.88. The highest BCUT2D eigenvalue weighted by Crippen LogP contribution is 2.35. The zero-order valence-corrected chi connectivity index (χ0v) is 16.0. The topological polar surface area (TPSA) is 58.2 Å². The van der Waals surface area contributed by atoms with Crippen molar-refractivity contribution in [3.63, 3.8) is 0 Å². The number of piperidine rings is 1. The monoisotopic (exact) mass is 383 g/mol. The normalized spacial score (nSPS) is 17.9. The molecule has 2 aromatic carbocycles. The van der Waals surface area contributed by atoms with Crippen molar-refractivity contribution in [2.45, 2.75) is 18.5 Å². The molecular formula is C24H21N3O2. The van der Waals surface area contributed by atoms with Gasteiger partial charge in [0.1, 0.15) is 0 Å². The predicted molar refractivity (Wildman–Crippen MR) is 113 cm³/mol. The first kappa shape index (κ1) is 17.6. The molecule has 5 nitrogen and oxygen atoms in total. The summed E-state index contributed by atoms with van der Waals surface area (Å²) < 4.78 is 5.27. The average molecular weight is 383 g/mol. The van der Waals surface area contributed by atoms with E-state index in [1.54, 1.807) is 12.1 Å². The van der Waals surface area contributed by atoms with Crippen molar-refractivity contribution >= 4 is 17.3 Å². The smallest absolute Gasteiger partial charge is 0.289 e. The van der Waals surface area contributed by atoms with Crippen LogP contribution in [0.25, 0.3) is 0 Å². The maximum absolute atomic E-state index is 12.6. The van der Waals surface area contributed by atoms with Crippen molar-refractivity contribution in [1.29, 1.82) is 0 Å². The fraction of sp³-hybridized carbons (Fsp3) is 0.208. The van der Waals surface area contributed by atoms with E-state index in [1.807, 2.05) is 41.3 Å². The lowest BCUT2D eigenvalue weighted by molar-refractivity contribution is 0.0647. The molecule has 0 atom stereocenters. The molecule has 0 N–H and O–H groups in total. The molecule has 1 saturated heterocycles. The largest absolute Gasteiger partial charge is 0.459 e. The molecule has 3 aromatic rings. The minimum atomic E-state index is -0.504. The van der Waals surface area contributed by atoms with Gasteiger partial charge >= 0.3 is 0 Å². The maximum atomic E-state index is 12.6. The molecule has 29 heavy (non-hydrogen) atoms. The number of furan rings is 1. The van der Waals surface area contributed by atoms with Crippen LogP contribution in [0, 0.1) is 0 Å². The summed E-state index contributed by atoms with van der Waals surface area (Å²) in [5.41, 5.74) is 3.50. The van der Waals surface area contributed by atoms with Crippen LogP contribution in [-0.4, -0.2) is 41.0 Å². The molecule has 3 heterocycles. The molecule has 0 saturated carbocycles. The van der Waals surface area contributed by atoms with Crippen molar-refractivity contribution in [3.8, 4) is 0 Å². The molecule has 144 valence electrons. The number of carbonyl (C=O) groups excluding carboxylic acids is 1. The molecule has 0 radical (unpaired) electrons. The Bertz CT molecular complexity index is 1000. The molecule has 5 heteroatoms. The van der Waals surface area contributed by atoms with Gasteiger partial charge in [0, 0.05) is 37.1 Å². The minimum absolute atomic E-state index is 0.0672. The molecule has 0 unspecified atom stereocenters. The Morgan fingerprint density at radius 1 is 0.793 bits per heavy atom. The van der Waals surface area contributed by atoms with Gasteiger partial charge in [-0.3, -0.25) is 14.8 Å². The maximum Gasteiger partial charge on any atom is 0.289 e. The zero-order valence-electron chi connectivity index (χ0n) is 16.0. The second kappa shape index (κ2) is 7.17. The Hall–Kier alpha value is -3.47. The number of carbonyl (C=O) groups is 1. The van der Waals surface area contributed by atoms with Crippen LogP contribution in [0.5, 0.6) is 0 Å². The standard InChI is InChI=1S/C24H21N3O2/c28-23(20-12-7-17-29-20)27-15-13-24(14-16-27)25-21(18-8-3-1-4-9-18)22(26-24)19-10-5-2-6-11-19/h1-12,17H,13-16H2. The van der Waals surface area contributed by atoms with Gasteiger partial charge < -0.3 is 9.32 Å². The van der Waals surface area contributed by atoms with E-state index in [0.29, 0.717) is 31.7 Å². The Labute approximate surface area is 169 Å². The molecule has 5 rings (SSSR count). The summed E-state index contributed by atoms with van der Waals surface area (Å²) in [6.07, 6.45) is 2.93. The van der Waals surface area contributed by atoms with Crippen molar-refractivity contribution in [2.24, 2.45) is 9.98 Å². The summed E-state index contributed by atoms with van der Waals surface area (Å²) in [7, 11) is 0. The highest BCUT2D eigenvalue weighted by Gasteiger charge is 2.41. The van der Waals surface area contributed by atoms with E-state index in [0.717, 1.165) is 22.6 Å². The molecule has 2 aliphatic heterocycles. The van der Waals surface area contributed by atoms with Gasteiger partial charge in [-0.1, -0.05) is 60.7 Å². The van der Waals surface area contributed by atoms with E-state index in [1.165, 1.54) is 6.26 Å². The molecule has 1 amide bonds. The summed E-state index contributed by atoms with van der Waals surface area (Å²) in [5, 5.41) is 0. The minimum Gasteiger partial charge on any atom is -0.459 e. The number of benzene rings is 2. The third kappa shape index (κ3) is 3.29. The van der Waals surface area contributed by atoms with Crippen LogP contribution >= 0.6 is 0 Å². The summed E-state index contributed by atoms with van der Waals surface area (Å²) in [6.45, 7) is 1.22. The van der Waals surface area contributed by atoms with Gasteiger partial charge in [-0.2, -0.15) is 0 Å². The van der Waals surface area contributed by atoms with E-state index in [2.05, 4.69) is 24.3 Å². The molecule has 0 aliphatic carbocycles. The highest BCUT2D eigenvalue weighted by atomic mass is 16.3. The third-order valence-corrected chi connectivity index (χ3v) is 5.54. The number of hydrogen-bond acceptors (Lipinski definition) is 4. The summed E-state index contributed by atoms with van der Waals surface area (Å²) in [6, 6.07) is 23.9. The van der Waals surface area contributed by atoms with Crippen molar-refractivity contribution < 1.29 is 9.21 Å². The third-order valence-electron chi connectivity index (χ3n) is 5.54. The quantitative estimate of drug-likeness (QED) is 0.680. The molecule has 2 aliphatic rings. The number of rotatable bonds is 3. The van der Waals surface area contributed by atoms with E-state index >= 15 is 0 Å². The van der Waals surface area contributed by atoms with Crippen LogP contribution in [0.15, 0.2) is 93.5 Å². The first-order chi connectivity index (χ1) is 14.2. The highest BCUT2D eigenvalue weighted by molar-refractivity contribution is 6.54. The van der Waals surface area contributed by atoms with E-state index in [9.17, 15) is 4.79 Å². The Morgan fingerprint density at radius 2 is 1.34 bits per heavy atom. The summed E-state index contributed by atoms with van der Waals surface area (Å²) >= 11 is 0. The average Bonchev–Trinajstić information content (AvgIpc) is 3.44. The van der Waals surface area contributed by atoms with Crippen molar-refractivity contribution in [3.05, 3.63) is 95.9 Å². The number of amides is 1. The fourth-order valence-corrected chi connectivity index (χ4v) is 3.99. The van der Waals surface area contributed by atoms with Gasteiger partial charge in [-0.05, 0) is 12.1 Å². The number of aliphatic imine (C=N–C) groups is 2. The summed E-state index contributed by atoms with van der Waals surface area (Å²) in [5.74, 6) is 0.316. The number of hydrogen-bond donors (Lipinski definition) is 0. The van der Waals surface area contributed by atoms with Crippen LogP contribution < -0.4 is 0 Å². The van der Waals surface area contributed by atoms with Gasteiger partial charge in [-0.15, -0.1) is 0 Å². The lowest BCUT2D eigenvalue weighted by atomic mass is 9.98. The van der Waals surface area contributed by atoms with Crippen molar-refractivity contribution in [1.82, 2.24) is 4.90 Å². The predicted octanol–water partition coefficient (Wildman–Crippen LogP) is 4.20. The lowest BCUT2D eigenvalue weighted by Gasteiger charge is -2.35. The van der Waals surface area contributed by atoms with Crippen LogP contribution in [0.4, 0.5) is 0 Å². The van der Waals surface area contributed by atoms with Gasteiger partial charge in [0.15, 0.2) is 11.4 Å². The van der Waals surface area contributed by atoms with Gasteiger partial charge in [0.25, 0.3) is 5.91 Å². The Kier molecular flexibility index (Phi) is 4.35. The van der Waals surface area contributed by atoms with Gasteiger partial charge in [0.05, 0.1) is 17.7 Å². The van der Waals surface area contributed by atoms with Gasteiger partial charge in [-0.25, -0.2) is 0 Å². The zero-order chi connectivity index (χ0) is 19.7. The van der Waals surface area contributed by atoms with Gasteiger partial charge in [0.2, 0.25) is 0 Å². The van der Waals surface area contributed by atoms with Crippen LogP contribution in [-0.2, 0) is 0 Å². The SMILES string of the molecule is O=C(c1ccco1)N1CCC2(CC1)N=C(c1ccccc1)C(c1ccccc1)=N2. The lowest BCUT2D eigenvalue weighted by Crippen LogP contribution is -2.44. The molecule has 1 aromatic heterocycles. The molecule has 1 spiro atoms. The Morgan fingerprint density at radius 3 is 1.83 bits per heavy atom. The van der Waals surface area contributed by atoms with E-state index < -0.39 is 5.66 Å². The van der Waals surface area contributed by atoms with Crippen LogP contribution in [0.2, 0.25) is 0 Å². The molecular weight excluding hydrogens is 362 g/mol. The van der Waals surface area contributed by atoms with E-state index in [4.69, 9.17) is 14.4 Å². The summed E-state index contributed by atoms with van der Waals surface area (Å²) in [4.78, 5) is 24.7. The molecule has 0 bridgehead atoms. The first-order valence-corrected chi connectivity index (χ1v) is 9.88. The molecule has 1 fully saturated rings. The van der Waals surface area contributed by atoms with Crippen molar-refractivity contribution in [2.75, 3.05) is 13.1 Å². The van der Waals surface area contributed by atoms with E-state index in [-0.39, 0.29) is 5.91 Å². The second-order valence-corrected chi connectivity index (χ2v) is 7.40. The fourth-order valence-electron chi connectivity index (χ4n) is 3.99. The van der Waals surface area contributed by atoms with Crippen LogP contribution in [0.3, 0.4) is 0 Å². The number of likely N-dealkylation sites (tertiary alicyclic amines) is 1. The Balaban J connectivity index is 1.45. The second-order valence-electron chi connectivity index (χ2n) is 7.40.